The summed E-state index contributed by atoms with van der Waals surface area (Å²) in [5, 5.41) is 0.845. The number of rotatable bonds is 2. The van der Waals surface area contributed by atoms with E-state index in [0.29, 0.717) is 12.1 Å². The lowest BCUT2D eigenvalue weighted by Gasteiger charge is -2.36. The normalized spacial score (nSPS) is 41.1. The van der Waals surface area contributed by atoms with E-state index < -0.39 is 0 Å². The molecule has 0 aromatic rings. The zero-order valence-electron chi connectivity index (χ0n) is 11.4. The van der Waals surface area contributed by atoms with Gasteiger partial charge in [-0.2, -0.15) is 11.8 Å². The second-order valence-corrected chi connectivity index (χ2v) is 7.26. The van der Waals surface area contributed by atoms with E-state index in [1.807, 2.05) is 7.11 Å². The molecule has 0 unspecified atom stereocenters. The summed E-state index contributed by atoms with van der Waals surface area (Å²) in [4.78, 5) is 5.13. The Labute approximate surface area is 115 Å². The Balaban J connectivity index is 1.61. The van der Waals surface area contributed by atoms with Crippen LogP contribution < -0.4 is 0 Å². The van der Waals surface area contributed by atoms with Gasteiger partial charge in [0.2, 0.25) is 0 Å². The summed E-state index contributed by atoms with van der Waals surface area (Å²) in [7, 11) is 1.85. The standard InChI is InChI=1S/C15H25NOS/c1-17-12-8-6-11(7-9-12)14-10-18-15-5-3-2-4-13(15)16-14/h11-13,15H,2-10H2,1H3/t11?,12?,13-,15+/m0/s1. The van der Waals surface area contributed by atoms with E-state index in [9.17, 15) is 0 Å². The molecule has 2 aliphatic carbocycles. The van der Waals surface area contributed by atoms with Gasteiger partial charge in [-0.05, 0) is 44.4 Å². The Bertz CT molecular complexity index is 310. The molecule has 3 rings (SSSR count). The Morgan fingerprint density at radius 2 is 1.83 bits per heavy atom. The summed E-state index contributed by atoms with van der Waals surface area (Å²) in [6.45, 7) is 0. The molecule has 2 saturated carbocycles. The number of thioether (sulfide) groups is 1. The van der Waals surface area contributed by atoms with Crippen LogP contribution in [-0.2, 0) is 4.74 Å². The van der Waals surface area contributed by atoms with Gasteiger partial charge in [0, 0.05) is 23.8 Å². The highest BCUT2D eigenvalue weighted by Gasteiger charge is 2.32. The van der Waals surface area contributed by atoms with Gasteiger partial charge in [0.1, 0.15) is 0 Å². The third-order valence-electron chi connectivity index (χ3n) is 4.92. The number of methoxy groups -OCH3 is 1. The lowest BCUT2D eigenvalue weighted by atomic mass is 9.84. The van der Waals surface area contributed by atoms with Crippen molar-refractivity contribution >= 4 is 17.5 Å². The van der Waals surface area contributed by atoms with Crippen molar-refractivity contribution in [3.63, 3.8) is 0 Å². The molecule has 0 N–H and O–H groups in total. The van der Waals surface area contributed by atoms with E-state index >= 15 is 0 Å². The SMILES string of the molecule is COC1CCC(C2=N[C@H]3CCCC[C@H]3SC2)CC1. The number of ether oxygens (including phenoxy) is 1. The molecule has 18 heavy (non-hydrogen) atoms. The van der Waals surface area contributed by atoms with Crippen LogP contribution in [0, 0.1) is 5.92 Å². The van der Waals surface area contributed by atoms with Crippen LogP contribution in [0.4, 0.5) is 0 Å². The Hall–Kier alpha value is -0.0200. The van der Waals surface area contributed by atoms with E-state index in [1.54, 1.807) is 0 Å². The molecule has 2 atom stereocenters. The first-order valence-electron chi connectivity index (χ1n) is 7.58. The summed E-state index contributed by atoms with van der Waals surface area (Å²) < 4.78 is 5.47. The maximum absolute atomic E-state index is 5.47. The molecule has 0 aromatic carbocycles. The van der Waals surface area contributed by atoms with Gasteiger partial charge in [-0.15, -0.1) is 0 Å². The quantitative estimate of drug-likeness (QED) is 0.761. The van der Waals surface area contributed by atoms with Crippen LogP contribution in [0.5, 0.6) is 0 Å². The number of nitrogens with zero attached hydrogens (tertiary/aromatic N) is 1. The van der Waals surface area contributed by atoms with Crippen molar-refractivity contribution in [3.05, 3.63) is 0 Å². The topological polar surface area (TPSA) is 21.6 Å². The highest BCUT2D eigenvalue weighted by Crippen LogP contribution is 2.37. The van der Waals surface area contributed by atoms with Crippen molar-refractivity contribution in [3.8, 4) is 0 Å². The fourth-order valence-corrected chi connectivity index (χ4v) is 5.16. The minimum Gasteiger partial charge on any atom is -0.381 e. The first-order chi connectivity index (χ1) is 8.86. The summed E-state index contributed by atoms with van der Waals surface area (Å²) in [6, 6.07) is 0.660. The molecule has 102 valence electrons. The third-order valence-corrected chi connectivity index (χ3v) is 6.36. The maximum Gasteiger partial charge on any atom is 0.0618 e. The molecule has 0 amide bonds. The molecule has 2 fully saturated rings. The molecular formula is C15H25NOS. The van der Waals surface area contributed by atoms with Gasteiger partial charge < -0.3 is 4.74 Å². The molecule has 1 aliphatic heterocycles. The van der Waals surface area contributed by atoms with Gasteiger partial charge in [0.05, 0.1) is 12.1 Å². The summed E-state index contributed by atoms with van der Waals surface area (Å²) in [5.41, 5.74) is 1.54. The maximum atomic E-state index is 5.47. The predicted molar refractivity (Wildman–Crippen MR) is 78.7 cm³/mol. The van der Waals surface area contributed by atoms with Crippen LogP contribution in [0.3, 0.4) is 0 Å². The van der Waals surface area contributed by atoms with Gasteiger partial charge in [-0.1, -0.05) is 12.8 Å². The minimum absolute atomic E-state index is 0.514. The van der Waals surface area contributed by atoms with Crippen LogP contribution in [0.2, 0.25) is 0 Å². The Morgan fingerprint density at radius 3 is 2.61 bits per heavy atom. The molecule has 0 saturated heterocycles. The van der Waals surface area contributed by atoms with Gasteiger partial charge >= 0.3 is 0 Å². The summed E-state index contributed by atoms with van der Waals surface area (Å²) >= 11 is 2.19. The van der Waals surface area contributed by atoms with E-state index in [2.05, 4.69) is 11.8 Å². The fourth-order valence-electron chi connectivity index (χ4n) is 3.72. The average Bonchev–Trinajstić information content (AvgIpc) is 2.47. The first kappa shape index (κ1) is 13.0. The smallest absolute Gasteiger partial charge is 0.0618 e. The highest BCUT2D eigenvalue weighted by molar-refractivity contribution is 8.00. The molecular weight excluding hydrogens is 242 g/mol. The van der Waals surface area contributed by atoms with Crippen molar-refractivity contribution in [2.24, 2.45) is 10.9 Å². The lowest BCUT2D eigenvalue weighted by Crippen LogP contribution is -2.36. The molecule has 3 aliphatic rings. The average molecular weight is 267 g/mol. The third kappa shape index (κ3) is 2.77. The lowest BCUT2D eigenvalue weighted by molar-refractivity contribution is 0.0646. The van der Waals surface area contributed by atoms with Crippen LogP contribution in [0.25, 0.3) is 0 Å². The van der Waals surface area contributed by atoms with Gasteiger partial charge in [-0.25, -0.2) is 0 Å². The molecule has 0 radical (unpaired) electrons. The zero-order chi connectivity index (χ0) is 12.4. The van der Waals surface area contributed by atoms with Crippen molar-refractivity contribution in [2.45, 2.75) is 68.8 Å². The fraction of sp³-hybridized carbons (Fsp3) is 0.933. The van der Waals surface area contributed by atoms with E-state index in [1.165, 1.54) is 62.8 Å². The van der Waals surface area contributed by atoms with E-state index in [-0.39, 0.29) is 0 Å². The first-order valence-corrected chi connectivity index (χ1v) is 8.62. The molecule has 0 spiro atoms. The molecule has 2 nitrogen and oxygen atoms in total. The Kier molecular flexibility index (Phi) is 4.30. The second-order valence-electron chi connectivity index (χ2n) is 6.03. The van der Waals surface area contributed by atoms with Crippen LogP contribution in [-0.4, -0.2) is 36.0 Å². The number of hydrogen-bond acceptors (Lipinski definition) is 3. The van der Waals surface area contributed by atoms with E-state index in [0.717, 1.165) is 11.2 Å². The van der Waals surface area contributed by atoms with Crippen molar-refractivity contribution in [1.29, 1.82) is 0 Å². The van der Waals surface area contributed by atoms with E-state index in [4.69, 9.17) is 9.73 Å². The van der Waals surface area contributed by atoms with Crippen molar-refractivity contribution in [1.82, 2.24) is 0 Å². The molecule has 0 aromatic heterocycles. The van der Waals surface area contributed by atoms with Gasteiger partial charge in [0.15, 0.2) is 0 Å². The molecule has 3 heteroatoms. The molecule has 1 heterocycles. The highest BCUT2D eigenvalue weighted by atomic mass is 32.2. The van der Waals surface area contributed by atoms with Crippen molar-refractivity contribution < 1.29 is 4.74 Å². The second kappa shape index (κ2) is 5.96. The Morgan fingerprint density at radius 1 is 1.06 bits per heavy atom. The predicted octanol–water partition coefficient (Wildman–Crippen LogP) is 3.69. The number of hydrogen-bond donors (Lipinski definition) is 0. The van der Waals surface area contributed by atoms with Gasteiger partial charge in [-0.3, -0.25) is 4.99 Å². The summed E-state index contributed by atoms with van der Waals surface area (Å²) in [6.07, 6.45) is 11.2. The van der Waals surface area contributed by atoms with Crippen LogP contribution >= 0.6 is 11.8 Å². The van der Waals surface area contributed by atoms with Crippen molar-refractivity contribution in [2.75, 3.05) is 12.9 Å². The summed E-state index contributed by atoms with van der Waals surface area (Å²) in [5.74, 6) is 1.98. The molecule has 0 bridgehead atoms. The largest absolute Gasteiger partial charge is 0.381 e. The number of aliphatic imine (C=N–C) groups is 1. The monoisotopic (exact) mass is 267 g/mol. The van der Waals surface area contributed by atoms with Gasteiger partial charge in [0.25, 0.3) is 0 Å². The zero-order valence-corrected chi connectivity index (χ0v) is 12.3. The van der Waals surface area contributed by atoms with Crippen LogP contribution in [0.1, 0.15) is 51.4 Å². The van der Waals surface area contributed by atoms with Crippen LogP contribution in [0.15, 0.2) is 4.99 Å². The number of fused-ring (bicyclic) bond motifs is 1. The minimum atomic E-state index is 0.514.